The van der Waals surface area contributed by atoms with Crippen LogP contribution in [-0.2, 0) is 15.6 Å². The van der Waals surface area contributed by atoms with Gasteiger partial charge in [0.1, 0.15) is 5.82 Å². The maximum Gasteiger partial charge on any atom is 0.377 e. The van der Waals surface area contributed by atoms with Crippen LogP contribution in [0.15, 0.2) is 48.5 Å². The van der Waals surface area contributed by atoms with Crippen LogP contribution in [0.1, 0.15) is 27.6 Å². The summed E-state index contributed by atoms with van der Waals surface area (Å²) in [5.74, 6) is 0.177. The normalized spacial score (nSPS) is 10.7. The number of carbonyl (C=O) groups excluding carboxylic acids is 1. The first-order valence-corrected chi connectivity index (χ1v) is 9.45. The fourth-order valence-corrected chi connectivity index (χ4v) is 3.21. The van der Waals surface area contributed by atoms with Gasteiger partial charge in [-0.2, -0.15) is 0 Å². The van der Waals surface area contributed by atoms with Crippen LogP contribution in [0.5, 0.6) is 0 Å². The van der Waals surface area contributed by atoms with Crippen LogP contribution in [0, 0.1) is 0 Å². The third-order valence-corrected chi connectivity index (χ3v) is 4.59. The van der Waals surface area contributed by atoms with Crippen LogP contribution in [0.25, 0.3) is 5.69 Å². The van der Waals surface area contributed by atoms with E-state index in [0.717, 1.165) is 16.8 Å². The van der Waals surface area contributed by atoms with E-state index >= 15 is 0 Å². The molecule has 0 N–H and O–H groups in total. The number of halogens is 2. The summed E-state index contributed by atoms with van der Waals surface area (Å²) in [6.45, 7) is 0. The lowest BCUT2D eigenvalue weighted by atomic mass is 10.0. The van der Waals surface area contributed by atoms with Crippen molar-refractivity contribution in [2.24, 2.45) is 0 Å². The Balaban J connectivity index is 2.08. The topological polar surface area (TPSA) is 57.0 Å². The highest BCUT2D eigenvalue weighted by Gasteiger charge is 2.19. The smallest absolute Gasteiger partial charge is 0.377 e. The van der Waals surface area contributed by atoms with Gasteiger partial charge >= 0.3 is 5.97 Å². The second-order valence-corrected chi connectivity index (χ2v) is 6.52. The van der Waals surface area contributed by atoms with Crippen LogP contribution in [0.2, 0.25) is 5.02 Å². The molecule has 2 aromatic carbocycles. The van der Waals surface area contributed by atoms with E-state index in [0.29, 0.717) is 21.7 Å². The van der Waals surface area contributed by atoms with Crippen LogP contribution in [-0.4, -0.2) is 27.8 Å². The zero-order valence-corrected chi connectivity index (χ0v) is 16.4. The number of carbonyl (C=O) groups is 1. The van der Waals surface area contributed by atoms with Gasteiger partial charge in [-0.15, -0.1) is 5.10 Å². The molecule has 1 heterocycles. The van der Waals surface area contributed by atoms with E-state index in [1.165, 1.54) is 7.11 Å². The van der Waals surface area contributed by atoms with Crippen LogP contribution in [0.4, 0.5) is 0 Å². The molecule has 0 bridgehead atoms. The minimum absolute atomic E-state index is 0.0507. The highest BCUT2D eigenvalue weighted by Crippen LogP contribution is 2.24. The second-order valence-electron chi connectivity index (χ2n) is 5.32. The third-order valence-electron chi connectivity index (χ3n) is 3.67. The summed E-state index contributed by atoms with van der Waals surface area (Å²) in [7, 11) is 1.32. The summed E-state index contributed by atoms with van der Waals surface area (Å²) in [6.07, 6.45) is 0.699. The molecule has 0 atom stereocenters. The standard InChI is InChI=1S/C18H15ClIN3O2/c1-25-18(24)17-21-16(11-20)23(22-17)15-8-7-14(19)10-13(15)9-12-5-3-2-4-6-12/h2-8,10H,9,11H2,1H3. The molecule has 128 valence electrons. The molecule has 25 heavy (non-hydrogen) atoms. The number of rotatable bonds is 5. The van der Waals surface area contributed by atoms with Crippen LogP contribution in [0.3, 0.4) is 0 Å². The minimum Gasteiger partial charge on any atom is -0.463 e. The molecular weight excluding hydrogens is 453 g/mol. The maximum absolute atomic E-state index is 11.8. The monoisotopic (exact) mass is 467 g/mol. The summed E-state index contributed by atoms with van der Waals surface area (Å²) in [6, 6.07) is 15.7. The fourth-order valence-electron chi connectivity index (χ4n) is 2.52. The average Bonchev–Trinajstić information content (AvgIpc) is 3.06. The van der Waals surface area contributed by atoms with Gasteiger partial charge in [-0.3, -0.25) is 0 Å². The Morgan fingerprint density at radius 1 is 1.24 bits per heavy atom. The van der Waals surface area contributed by atoms with Gasteiger partial charge in [0.25, 0.3) is 5.82 Å². The summed E-state index contributed by atoms with van der Waals surface area (Å²) in [5, 5.41) is 4.99. The molecule has 0 radical (unpaired) electrons. The summed E-state index contributed by atoms with van der Waals surface area (Å²) < 4.78 is 7.02. The number of methoxy groups -OCH3 is 1. The first kappa shape index (κ1) is 17.9. The molecule has 7 heteroatoms. The van der Waals surface area contributed by atoms with Crippen molar-refractivity contribution in [3.63, 3.8) is 0 Å². The van der Waals surface area contributed by atoms with E-state index in [9.17, 15) is 4.79 Å². The number of hydrogen-bond acceptors (Lipinski definition) is 4. The predicted octanol–water partition coefficient (Wildman–Crippen LogP) is 4.23. The molecular formula is C18H15ClIN3O2. The van der Waals surface area contributed by atoms with Crippen molar-refractivity contribution in [3.05, 3.63) is 76.3 Å². The molecule has 1 aromatic heterocycles. The molecule has 0 saturated heterocycles. The molecule has 0 spiro atoms. The van der Waals surface area contributed by atoms with Gasteiger partial charge in [0, 0.05) is 5.02 Å². The van der Waals surface area contributed by atoms with E-state index in [1.807, 2.05) is 36.4 Å². The Kier molecular flexibility index (Phi) is 5.70. The molecule has 3 rings (SSSR count). The largest absolute Gasteiger partial charge is 0.463 e. The van der Waals surface area contributed by atoms with Crippen molar-refractivity contribution in [2.45, 2.75) is 10.8 Å². The van der Waals surface area contributed by atoms with Crippen LogP contribution >= 0.6 is 34.2 Å². The van der Waals surface area contributed by atoms with Crippen molar-refractivity contribution in [1.29, 1.82) is 0 Å². The van der Waals surface area contributed by atoms with Gasteiger partial charge in [-0.05, 0) is 35.7 Å². The molecule has 0 saturated carbocycles. The molecule has 0 aliphatic heterocycles. The van der Waals surface area contributed by atoms with Gasteiger partial charge in [0.05, 0.1) is 17.2 Å². The third kappa shape index (κ3) is 4.01. The molecule has 0 aliphatic rings. The zero-order valence-electron chi connectivity index (χ0n) is 13.4. The van der Waals surface area contributed by atoms with Gasteiger partial charge in [0.2, 0.25) is 0 Å². The number of benzene rings is 2. The van der Waals surface area contributed by atoms with Crippen LogP contribution < -0.4 is 0 Å². The van der Waals surface area contributed by atoms with E-state index in [4.69, 9.17) is 16.3 Å². The van der Waals surface area contributed by atoms with Crippen molar-refractivity contribution >= 4 is 40.2 Å². The highest BCUT2D eigenvalue weighted by molar-refractivity contribution is 14.1. The lowest BCUT2D eigenvalue weighted by Crippen LogP contribution is -2.07. The molecule has 0 amide bonds. The van der Waals surface area contributed by atoms with Crippen molar-refractivity contribution in [3.8, 4) is 5.69 Å². The highest BCUT2D eigenvalue weighted by atomic mass is 127. The maximum atomic E-state index is 11.8. The summed E-state index contributed by atoms with van der Waals surface area (Å²) >= 11 is 8.40. The molecule has 3 aromatic rings. The minimum atomic E-state index is -0.552. The van der Waals surface area contributed by atoms with Gasteiger partial charge in [0.15, 0.2) is 0 Å². The number of nitrogens with zero attached hydrogens (tertiary/aromatic N) is 3. The number of hydrogen-bond donors (Lipinski definition) is 0. The predicted molar refractivity (Wildman–Crippen MR) is 105 cm³/mol. The Morgan fingerprint density at radius 3 is 2.68 bits per heavy atom. The molecule has 5 nitrogen and oxygen atoms in total. The number of alkyl halides is 1. The van der Waals surface area contributed by atoms with E-state index in [2.05, 4.69) is 44.8 Å². The van der Waals surface area contributed by atoms with Gasteiger partial charge < -0.3 is 4.74 Å². The average molecular weight is 468 g/mol. The summed E-state index contributed by atoms with van der Waals surface area (Å²) in [5.41, 5.74) is 3.02. The Hall–Kier alpha value is -1.93. The van der Waals surface area contributed by atoms with E-state index in [-0.39, 0.29) is 5.82 Å². The number of aromatic nitrogens is 3. The SMILES string of the molecule is COC(=O)c1nc(CI)n(-c2ccc(Cl)cc2Cc2ccccc2)n1. The number of esters is 1. The van der Waals surface area contributed by atoms with Crippen molar-refractivity contribution < 1.29 is 9.53 Å². The lowest BCUT2D eigenvalue weighted by Gasteiger charge is -2.12. The van der Waals surface area contributed by atoms with Crippen molar-refractivity contribution in [2.75, 3.05) is 7.11 Å². The quantitative estimate of drug-likeness (QED) is 0.320. The first-order chi connectivity index (χ1) is 12.1. The number of ether oxygens (including phenoxy) is 1. The van der Waals surface area contributed by atoms with Crippen molar-refractivity contribution in [1.82, 2.24) is 14.8 Å². The fraction of sp³-hybridized carbons (Fsp3) is 0.167. The van der Waals surface area contributed by atoms with Gasteiger partial charge in [-0.25, -0.2) is 14.5 Å². The zero-order chi connectivity index (χ0) is 17.8. The Labute approximate surface area is 164 Å². The Morgan fingerprint density at radius 2 is 2.00 bits per heavy atom. The lowest BCUT2D eigenvalue weighted by molar-refractivity contribution is 0.0587. The Bertz CT molecular complexity index is 897. The first-order valence-electron chi connectivity index (χ1n) is 7.55. The second kappa shape index (κ2) is 7.97. The molecule has 0 fully saturated rings. The van der Waals surface area contributed by atoms with E-state index < -0.39 is 5.97 Å². The summed E-state index contributed by atoms with van der Waals surface area (Å²) in [4.78, 5) is 16.1. The van der Waals surface area contributed by atoms with E-state index in [1.54, 1.807) is 4.68 Å². The molecule has 0 unspecified atom stereocenters. The molecule has 0 aliphatic carbocycles. The van der Waals surface area contributed by atoms with Gasteiger partial charge in [-0.1, -0.05) is 64.5 Å².